The summed E-state index contributed by atoms with van der Waals surface area (Å²) in [5, 5.41) is 4.49. The number of nitrogens with zero attached hydrogens (tertiary/aromatic N) is 2. The van der Waals surface area contributed by atoms with Crippen LogP contribution < -0.4 is 5.32 Å². The third-order valence-corrected chi connectivity index (χ3v) is 8.28. The van der Waals surface area contributed by atoms with Gasteiger partial charge in [0.15, 0.2) is 0 Å². The molecule has 3 heterocycles. The first-order chi connectivity index (χ1) is 17.2. The van der Waals surface area contributed by atoms with E-state index in [2.05, 4.69) is 23.0 Å². The van der Waals surface area contributed by atoms with Gasteiger partial charge in [-0.25, -0.2) is 9.69 Å². The Hall–Kier alpha value is -2.38. The van der Waals surface area contributed by atoms with Crippen LogP contribution in [-0.4, -0.2) is 59.4 Å². The molecule has 2 aliphatic heterocycles. The number of aryl methyl sites for hydroxylation is 1. The van der Waals surface area contributed by atoms with Gasteiger partial charge in [0.2, 0.25) is 0 Å². The summed E-state index contributed by atoms with van der Waals surface area (Å²) in [4.78, 5) is 28.5. The van der Waals surface area contributed by atoms with E-state index in [1.165, 1.54) is 22.6 Å². The van der Waals surface area contributed by atoms with Crippen LogP contribution >= 0.6 is 0 Å². The molecular formula is C29H41N3O4. The fourth-order valence-corrected chi connectivity index (χ4v) is 6.43. The predicted octanol–water partition coefficient (Wildman–Crippen LogP) is 4.84. The molecule has 7 heteroatoms. The molecule has 1 aliphatic carbocycles. The molecule has 2 atom stereocenters. The van der Waals surface area contributed by atoms with Crippen LogP contribution in [0.3, 0.4) is 0 Å². The average Bonchev–Trinajstić information content (AvgIpc) is 3.15. The molecule has 3 aliphatic rings. The highest BCUT2D eigenvalue weighted by molar-refractivity contribution is 6.05. The van der Waals surface area contributed by atoms with E-state index in [-0.39, 0.29) is 11.9 Å². The van der Waals surface area contributed by atoms with Crippen molar-refractivity contribution in [1.29, 1.82) is 0 Å². The molecule has 0 radical (unpaired) electrons. The van der Waals surface area contributed by atoms with E-state index in [0.717, 1.165) is 69.2 Å². The van der Waals surface area contributed by atoms with Gasteiger partial charge in [0, 0.05) is 49.0 Å². The molecule has 0 spiro atoms. The van der Waals surface area contributed by atoms with Crippen LogP contribution in [0.25, 0.3) is 10.9 Å². The second-order valence-electron chi connectivity index (χ2n) is 11.8. The van der Waals surface area contributed by atoms with Crippen molar-refractivity contribution in [2.75, 3.05) is 26.3 Å². The number of aromatic nitrogens is 1. The maximum Gasteiger partial charge on any atom is 0.417 e. The van der Waals surface area contributed by atoms with Crippen molar-refractivity contribution in [2.45, 2.75) is 77.4 Å². The Morgan fingerprint density at radius 1 is 1.11 bits per heavy atom. The van der Waals surface area contributed by atoms with Crippen molar-refractivity contribution >= 4 is 22.9 Å². The summed E-state index contributed by atoms with van der Waals surface area (Å²) in [6, 6.07) is 5.74. The van der Waals surface area contributed by atoms with E-state index in [4.69, 9.17) is 9.47 Å². The van der Waals surface area contributed by atoms with Crippen molar-refractivity contribution in [1.82, 2.24) is 14.8 Å². The van der Waals surface area contributed by atoms with Gasteiger partial charge in [-0.1, -0.05) is 0 Å². The lowest BCUT2D eigenvalue weighted by atomic mass is 9.75. The largest absolute Gasteiger partial charge is 0.443 e. The first kappa shape index (κ1) is 25.3. The number of benzene rings is 1. The lowest BCUT2D eigenvalue weighted by molar-refractivity contribution is 0.0144. The molecular weight excluding hydrogens is 454 g/mol. The zero-order valence-corrected chi connectivity index (χ0v) is 22.3. The number of carbonyl (C=O) groups excluding carboxylic acids is 2. The van der Waals surface area contributed by atoms with Crippen molar-refractivity contribution in [3.8, 4) is 0 Å². The van der Waals surface area contributed by atoms with Gasteiger partial charge in [-0.05, 0) is 108 Å². The first-order valence-corrected chi connectivity index (χ1v) is 13.7. The highest BCUT2D eigenvalue weighted by Gasteiger charge is 2.36. The maximum absolute atomic E-state index is 13.9. The summed E-state index contributed by atoms with van der Waals surface area (Å²) >= 11 is 0. The van der Waals surface area contributed by atoms with Crippen molar-refractivity contribution in [3.63, 3.8) is 0 Å². The molecule has 5 rings (SSSR count). The lowest BCUT2D eigenvalue weighted by Crippen LogP contribution is -2.52. The SMILES string of the molecule is Cn1c2c(c3cc(C(=O)N(C(=O)OC(C)(C)C)C4CCCNC4)ccc31)CC(C1CCOCC1)CC2. The number of ether oxygens (including phenoxy) is 2. The van der Waals surface area contributed by atoms with E-state index >= 15 is 0 Å². The second-order valence-corrected chi connectivity index (χ2v) is 11.8. The van der Waals surface area contributed by atoms with E-state index < -0.39 is 11.7 Å². The standard InChI is InChI=1S/C29H41N3O4/c1-29(2,3)36-28(34)32(22-6-5-13-30-18-22)27(33)21-8-10-26-24(17-21)23-16-20(7-9-25(23)31(26)4)19-11-14-35-15-12-19/h8,10,17,19-20,22,30H,5-7,9,11-16,18H2,1-4H3. The molecule has 2 fully saturated rings. The molecule has 0 saturated carbocycles. The minimum Gasteiger partial charge on any atom is -0.443 e. The maximum atomic E-state index is 13.9. The molecule has 196 valence electrons. The minimum atomic E-state index is -0.667. The van der Waals surface area contributed by atoms with Crippen LogP contribution in [0, 0.1) is 11.8 Å². The third-order valence-electron chi connectivity index (χ3n) is 8.28. The molecule has 2 saturated heterocycles. The molecule has 0 bridgehead atoms. The van der Waals surface area contributed by atoms with E-state index in [0.29, 0.717) is 23.9 Å². The number of rotatable bonds is 3. The Morgan fingerprint density at radius 3 is 2.58 bits per heavy atom. The zero-order valence-electron chi connectivity index (χ0n) is 22.3. The van der Waals surface area contributed by atoms with Crippen molar-refractivity contribution < 1.29 is 19.1 Å². The molecule has 1 aromatic carbocycles. The smallest absolute Gasteiger partial charge is 0.417 e. The van der Waals surface area contributed by atoms with E-state index in [1.54, 1.807) is 0 Å². The average molecular weight is 496 g/mol. The molecule has 2 aromatic rings. The number of nitrogens with one attached hydrogen (secondary N) is 1. The van der Waals surface area contributed by atoms with Crippen LogP contribution in [0.15, 0.2) is 18.2 Å². The molecule has 36 heavy (non-hydrogen) atoms. The van der Waals surface area contributed by atoms with Gasteiger partial charge in [0.1, 0.15) is 5.60 Å². The van der Waals surface area contributed by atoms with Crippen LogP contribution in [0.2, 0.25) is 0 Å². The Kier molecular flexibility index (Phi) is 7.14. The first-order valence-electron chi connectivity index (χ1n) is 13.7. The second kappa shape index (κ2) is 10.2. The number of carbonyl (C=O) groups is 2. The Balaban J connectivity index is 1.47. The minimum absolute atomic E-state index is 0.209. The summed E-state index contributed by atoms with van der Waals surface area (Å²) in [5.74, 6) is 1.11. The Morgan fingerprint density at radius 2 is 1.89 bits per heavy atom. The third kappa shape index (κ3) is 5.05. The van der Waals surface area contributed by atoms with Crippen molar-refractivity contribution in [2.24, 2.45) is 18.9 Å². The molecule has 2 unspecified atom stereocenters. The monoisotopic (exact) mass is 495 g/mol. The number of hydrogen-bond acceptors (Lipinski definition) is 5. The summed E-state index contributed by atoms with van der Waals surface area (Å²) in [6.45, 7) is 8.76. The summed E-state index contributed by atoms with van der Waals surface area (Å²) in [5.41, 5.74) is 3.82. The normalized spacial score (nSPS) is 23.3. The Labute approximate surface area is 214 Å². The fraction of sp³-hybridized carbons (Fsp3) is 0.655. The van der Waals surface area contributed by atoms with E-state index in [1.807, 2.05) is 32.9 Å². The highest BCUT2D eigenvalue weighted by atomic mass is 16.6. The number of fused-ring (bicyclic) bond motifs is 3. The topological polar surface area (TPSA) is 72.8 Å². The summed E-state index contributed by atoms with van der Waals surface area (Å²) in [7, 11) is 2.14. The molecule has 2 amide bonds. The lowest BCUT2D eigenvalue weighted by Gasteiger charge is -2.34. The van der Waals surface area contributed by atoms with Gasteiger partial charge in [-0.2, -0.15) is 0 Å². The van der Waals surface area contributed by atoms with Crippen LogP contribution in [0.4, 0.5) is 4.79 Å². The van der Waals surface area contributed by atoms with Gasteiger partial charge in [0.25, 0.3) is 5.91 Å². The van der Waals surface area contributed by atoms with Gasteiger partial charge in [-0.15, -0.1) is 0 Å². The number of amides is 2. The molecule has 1 aromatic heterocycles. The predicted molar refractivity (Wildman–Crippen MR) is 140 cm³/mol. The van der Waals surface area contributed by atoms with Gasteiger partial charge in [0.05, 0.1) is 6.04 Å². The highest BCUT2D eigenvalue weighted by Crippen LogP contribution is 2.39. The number of hydrogen-bond donors (Lipinski definition) is 1. The van der Waals surface area contributed by atoms with Crippen LogP contribution in [0.1, 0.15) is 74.5 Å². The van der Waals surface area contributed by atoms with Crippen molar-refractivity contribution in [3.05, 3.63) is 35.0 Å². The molecule has 7 nitrogen and oxygen atoms in total. The van der Waals surface area contributed by atoms with Gasteiger partial charge >= 0.3 is 6.09 Å². The Bertz CT molecular complexity index is 1120. The molecule has 1 N–H and O–H groups in total. The van der Waals surface area contributed by atoms with E-state index in [9.17, 15) is 9.59 Å². The van der Waals surface area contributed by atoms with Gasteiger partial charge in [-0.3, -0.25) is 4.79 Å². The van der Waals surface area contributed by atoms with Gasteiger partial charge < -0.3 is 19.4 Å². The number of piperidine rings is 1. The number of imide groups is 1. The fourth-order valence-electron chi connectivity index (χ4n) is 6.43. The quantitative estimate of drug-likeness (QED) is 0.660. The summed E-state index contributed by atoms with van der Waals surface area (Å²) in [6.07, 6.45) is 6.79. The van der Waals surface area contributed by atoms with Crippen LogP contribution in [-0.2, 0) is 29.4 Å². The van der Waals surface area contributed by atoms with Crippen LogP contribution in [0.5, 0.6) is 0 Å². The zero-order chi connectivity index (χ0) is 25.4. The summed E-state index contributed by atoms with van der Waals surface area (Å²) < 4.78 is 13.6.